The van der Waals surface area contributed by atoms with Gasteiger partial charge in [0, 0.05) is 26.2 Å². The first kappa shape index (κ1) is 11.7. The van der Waals surface area contributed by atoms with Crippen LogP contribution >= 0.6 is 0 Å². The van der Waals surface area contributed by atoms with E-state index in [1.54, 1.807) is 0 Å². The normalized spacial score (nSPS) is 28.4. The van der Waals surface area contributed by atoms with Crippen molar-refractivity contribution in [2.24, 2.45) is 0 Å². The van der Waals surface area contributed by atoms with Crippen molar-refractivity contribution in [3.63, 3.8) is 0 Å². The standard InChI is InChI=1S/C15H19N3/c16-12-15(18-10-8-17-9-11-18)7-3-5-13-4-1-2-6-14(13)15/h1-2,4,6,17H,3,5,7-11H2. The highest BCUT2D eigenvalue weighted by atomic mass is 15.2. The Hall–Kier alpha value is -1.37. The van der Waals surface area contributed by atoms with E-state index in [0.29, 0.717) is 0 Å². The van der Waals surface area contributed by atoms with Crippen LogP contribution in [0.15, 0.2) is 24.3 Å². The number of benzene rings is 1. The minimum Gasteiger partial charge on any atom is -0.314 e. The zero-order chi connectivity index (χ0) is 12.4. The fraction of sp³-hybridized carbons (Fsp3) is 0.533. The number of fused-ring (bicyclic) bond motifs is 1. The van der Waals surface area contributed by atoms with E-state index in [0.717, 1.165) is 45.4 Å². The predicted molar refractivity (Wildman–Crippen MR) is 71.1 cm³/mol. The average molecular weight is 241 g/mol. The number of nitriles is 1. The molecule has 0 spiro atoms. The molecule has 3 heteroatoms. The van der Waals surface area contributed by atoms with Crippen molar-refractivity contribution in [3.05, 3.63) is 35.4 Å². The second-order valence-electron chi connectivity index (χ2n) is 5.22. The van der Waals surface area contributed by atoms with Crippen LogP contribution in [0.5, 0.6) is 0 Å². The van der Waals surface area contributed by atoms with Crippen molar-refractivity contribution >= 4 is 0 Å². The summed E-state index contributed by atoms with van der Waals surface area (Å²) in [6.45, 7) is 3.93. The number of hydrogen-bond donors (Lipinski definition) is 1. The fourth-order valence-electron chi connectivity index (χ4n) is 3.37. The summed E-state index contributed by atoms with van der Waals surface area (Å²) < 4.78 is 0. The van der Waals surface area contributed by atoms with Crippen molar-refractivity contribution in [2.75, 3.05) is 26.2 Å². The molecule has 0 amide bonds. The molecule has 3 rings (SSSR count). The minimum absolute atomic E-state index is 0.378. The molecule has 1 atom stereocenters. The first-order valence-electron chi connectivity index (χ1n) is 6.82. The van der Waals surface area contributed by atoms with Gasteiger partial charge in [0.25, 0.3) is 0 Å². The molecule has 1 aromatic rings. The van der Waals surface area contributed by atoms with E-state index >= 15 is 0 Å². The molecule has 0 saturated carbocycles. The zero-order valence-corrected chi connectivity index (χ0v) is 10.7. The Morgan fingerprint density at radius 1 is 1.22 bits per heavy atom. The molecule has 1 aliphatic carbocycles. The summed E-state index contributed by atoms with van der Waals surface area (Å²) in [5.74, 6) is 0. The Morgan fingerprint density at radius 3 is 2.78 bits per heavy atom. The highest BCUT2D eigenvalue weighted by Crippen LogP contribution is 2.39. The lowest BCUT2D eigenvalue weighted by Crippen LogP contribution is -2.55. The summed E-state index contributed by atoms with van der Waals surface area (Å²) in [4.78, 5) is 2.38. The van der Waals surface area contributed by atoms with E-state index in [9.17, 15) is 5.26 Å². The van der Waals surface area contributed by atoms with E-state index in [2.05, 4.69) is 40.6 Å². The molecule has 0 radical (unpaired) electrons. The third-order valence-corrected chi connectivity index (χ3v) is 4.29. The van der Waals surface area contributed by atoms with Crippen LogP contribution in [0.1, 0.15) is 24.0 Å². The van der Waals surface area contributed by atoms with Gasteiger partial charge in [0.1, 0.15) is 5.54 Å². The highest BCUT2D eigenvalue weighted by Gasteiger charge is 2.42. The van der Waals surface area contributed by atoms with Crippen LogP contribution in [-0.2, 0) is 12.0 Å². The fourth-order valence-corrected chi connectivity index (χ4v) is 3.37. The predicted octanol–water partition coefficient (Wildman–Crippen LogP) is 1.65. The van der Waals surface area contributed by atoms with Crippen LogP contribution in [0.2, 0.25) is 0 Å². The molecular formula is C15H19N3. The summed E-state index contributed by atoms with van der Waals surface area (Å²) in [6.07, 6.45) is 3.21. The lowest BCUT2D eigenvalue weighted by molar-refractivity contribution is 0.101. The molecule has 1 N–H and O–H groups in total. The Morgan fingerprint density at radius 2 is 2.00 bits per heavy atom. The van der Waals surface area contributed by atoms with E-state index in [-0.39, 0.29) is 5.54 Å². The van der Waals surface area contributed by atoms with Crippen molar-refractivity contribution < 1.29 is 0 Å². The molecule has 0 aromatic heterocycles. The van der Waals surface area contributed by atoms with Crippen molar-refractivity contribution in [1.82, 2.24) is 10.2 Å². The van der Waals surface area contributed by atoms with Gasteiger partial charge in [-0.1, -0.05) is 24.3 Å². The van der Waals surface area contributed by atoms with Crippen LogP contribution in [0.25, 0.3) is 0 Å². The van der Waals surface area contributed by atoms with Gasteiger partial charge in [-0.2, -0.15) is 5.26 Å². The quantitative estimate of drug-likeness (QED) is 0.812. The molecular weight excluding hydrogens is 222 g/mol. The summed E-state index contributed by atoms with van der Waals surface area (Å²) in [6, 6.07) is 11.1. The monoisotopic (exact) mass is 241 g/mol. The molecule has 1 aromatic carbocycles. The van der Waals surface area contributed by atoms with Crippen molar-refractivity contribution in [3.8, 4) is 6.07 Å². The number of piperazine rings is 1. The second-order valence-corrected chi connectivity index (χ2v) is 5.22. The summed E-state index contributed by atoms with van der Waals surface area (Å²) >= 11 is 0. The molecule has 1 heterocycles. The van der Waals surface area contributed by atoms with Crippen LogP contribution < -0.4 is 5.32 Å². The van der Waals surface area contributed by atoms with Gasteiger partial charge in [0.2, 0.25) is 0 Å². The van der Waals surface area contributed by atoms with Gasteiger partial charge in [0.05, 0.1) is 6.07 Å². The van der Waals surface area contributed by atoms with Crippen LogP contribution in [0.3, 0.4) is 0 Å². The van der Waals surface area contributed by atoms with E-state index in [4.69, 9.17) is 0 Å². The SMILES string of the molecule is N#CC1(N2CCNCC2)CCCc2ccccc21. The minimum atomic E-state index is -0.378. The third kappa shape index (κ3) is 1.73. The van der Waals surface area contributed by atoms with E-state index < -0.39 is 0 Å². The van der Waals surface area contributed by atoms with Gasteiger partial charge in [-0.25, -0.2) is 0 Å². The second kappa shape index (κ2) is 4.72. The van der Waals surface area contributed by atoms with Gasteiger partial charge in [-0.3, -0.25) is 4.90 Å². The maximum absolute atomic E-state index is 9.83. The molecule has 1 unspecified atom stereocenters. The van der Waals surface area contributed by atoms with Gasteiger partial charge >= 0.3 is 0 Å². The lowest BCUT2D eigenvalue weighted by atomic mass is 9.76. The molecule has 0 bridgehead atoms. The largest absolute Gasteiger partial charge is 0.314 e. The molecule has 3 nitrogen and oxygen atoms in total. The Bertz CT molecular complexity index is 471. The smallest absolute Gasteiger partial charge is 0.135 e. The number of aryl methyl sites for hydroxylation is 1. The van der Waals surface area contributed by atoms with Gasteiger partial charge in [-0.15, -0.1) is 0 Å². The van der Waals surface area contributed by atoms with Crippen LogP contribution in [0.4, 0.5) is 0 Å². The summed E-state index contributed by atoms with van der Waals surface area (Å²) in [7, 11) is 0. The van der Waals surface area contributed by atoms with Crippen LogP contribution in [-0.4, -0.2) is 31.1 Å². The summed E-state index contributed by atoms with van der Waals surface area (Å²) in [5.41, 5.74) is 2.24. The molecule has 1 fully saturated rings. The number of nitrogens with one attached hydrogen (secondary N) is 1. The molecule has 1 aliphatic heterocycles. The number of rotatable bonds is 1. The molecule has 2 aliphatic rings. The number of hydrogen-bond acceptors (Lipinski definition) is 3. The third-order valence-electron chi connectivity index (χ3n) is 4.29. The average Bonchev–Trinajstić information content (AvgIpc) is 2.47. The Balaban J connectivity index is 2.04. The van der Waals surface area contributed by atoms with Gasteiger partial charge in [0.15, 0.2) is 0 Å². The lowest BCUT2D eigenvalue weighted by Gasteiger charge is -2.44. The maximum Gasteiger partial charge on any atom is 0.135 e. The van der Waals surface area contributed by atoms with Crippen LogP contribution in [0, 0.1) is 11.3 Å². The van der Waals surface area contributed by atoms with Crippen molar-refractivity contribution in [1.29, 1.82) is 5.26 Å². The van der Waals surface area contributed by atoms with E-state index in [1.807, 2.05) is 0 Å². The van der Waals surface area contributed by atoms with Crippen molar-refractivity contribution in [2.45, 2.75) is 24.8 Å². The number of nitrogens with zero attached hydrogens (tertiary/aromatic N) is 2. The molecule has 94 valence electrons. The first-order valence-corrected chi connectivity index (χ1v) is 6.82. The van der Waals surface area contributed by atoms with Gasteiger partial charge < -0.3 is 5.32 Å². The maximum atomic E-state index is 9.83. The topological polar surface area (TPSA) is 39.1 Å². The molecule has 1 saturated heterocycles. The highest BCUT2D eigenvalue weighted by molar-refractivity contribution is 5.41. The zero-order valence-electron chi connectivity index (χ0n) is 10.7. The Labute approximate surface area is 108 Å². The summed E-state index contributed by atoms with van der Waals surface area (Å²) in [5, 5.41) is 13.2. The van der Waals surface area contributed by atoms with Gasteiger partial charge in [-0.05, 0) is 30.4 Å². The Kier molecular flexibility index (Phi) is 3.07. The first-order chi connectivity index (χ1) is 8.87. The van der Waals surface area contributed by atoms with E-state index in [1.165, 1.54) is 11.1 Å². The molecule has 18 heavy (non-hydrogen) atoms.